The van der Waals surface area contributed by atoms with Crippen molar-refractivity contribution in [2.45, 2.75) is 52.5 Å². The number of likely N-dealkylation sites (tertiary alicyclic amines) is 1. The number of benzene rings is 1. The van der Waals surface area contributed by atoms with Crippen LogP contribution < -0.4 is 10.1 Å². The van der Waals surface area contributed by atoms with E-state index in [9.17, 15) is 4.79 Å². The van der Waals surface area contributed by atoms with E-state index >= 15 is 0 Å². The van der Waals surface area contributed by atoms with Crippen LogP contribution in [0.2, 0.25) is 0 Å². The van der Waals surface area contributed by atoms with E-state index in [1.165, 1.54) is 24.8 Å². The van der Waals surface area contributed by atoms with E-state index in [4.69, 9.17) is 4.74 Å². The van der Waals surface area contributed by atoms with Crippen LogP contribution in [0.3, 0.4) is 0 Å². The van der Waals surface area contributed by atoms with Gasteiger partial charge in [0.15, 0.2) is 0 Å². The van der Waals surface area contributed by atoms with Crippen LogP contribution in [0.5, 0.6) is 5.75 Å². The monoisotopic (exact) mass is 346 g/mol. The molecule has 0 aromatic heterocycles. The summed E-state index contributed by atoms with van der Waals surface area (Å²) in [5.74, 6) is 2.36. The molecule has 1 fully saturated rings. The highest BCUT2D eigenvalue weighted by molar-refractivity contribution is 5.81. The Kier molecular flexibility index (Phi) is 7.76. The van der Waals surface area contributed by atoms with E-state index in [2.05, 4.69) is 36.2 Å². The second-order valence-electron chi connectivity index (χ2n) is 7.68. The van der Waals surface area contributed by atoms with Crippen molar-refractivity contribution in [2.75, 3.05) is 26.7 Å². The number of rotatable bonds is 8. The highest BCUT2D eigenvalue weighted by atomic mass is 16.5. The third-order valence-electron chi connectivity index (χ3n) is 5.26. The molecule has 1 N–H and O–H groups in total. The number of carbonyl (C=O) groups excluding carboxylic acids is 1. The maximum Gasteiger partial charge on any atom is 0.237 e. The summed E-state index contributed by atoms with van der Waals surface area (Å²) in [4.78, 5) is 14.6. The number of amides is 1. The number of nitrogens with one attached hydrogen (secondary N) is 1. The molecule has 1 aliphatic heterocycles. The zero-order chi connectivity index (χ0) is 18.2. The molecule has 4 heteroatoms. The minimum Gasteiger partial charge on any atom is -0.497 e. The molecule has 1 aromatic rings. The van der Waals surface area contributed by atoms with Gasteiger partial charge in [0.2, 0.25) is 5.91 Å². The summed E-state index contributed by atoms with van der Waals surface area (Å²) in [6, 6.07) is 8.39. The topological polar surface area (TPSA) is 41.6 Å². The molecule has 2 rings (SSSR count). The quantitative estimate of drug-likeness (QED) is 0.783. The van der Waals surface area contributed by atoms with Gasteiger partial charge in [-0.25, -0.2) is 0 Å². The van der Waals surface area contributed by atoms with Crippen molar-refractivity contribution in [3.8, 4) is 5.75 Å². The van der Waals surface area contributed by atoms with Gasteiger partial charge in [-0.05, 0) is 75.2 Å². The van der Waals surface area contributed by atoms with Crippen LogP contribution >= 0.6 is 0 Å². The van der Waals surface area contributed by atoms with Gasteiger partial charge < -0.3 is 10.1 Å². The van der Waals surface area contributed by atoms with Gasteiger partial charge in [-0.2, -0.15) is 0 Å². The van der Waals surface area contributed by atoms with Gasteiger partial charge in [-0.1, -0.05) is 26.0 Å². The van der Waals surface area contributed by atoms with Crippen LogP contribution in [0.1, 0.15) is 45.6 Å². The van der Waals surface area contributed by atoms with Crippen LogP contribution in [0.15, 0.2) is 24.3 Å². The first-order valence-electron chi connectivity index (χ1n) is 9.64. The van der Waals surface area contributed by atoms with Gasteiger partial charge in [-0.3, -0.25) is 9.69 Å². The molecule has 1 atom stereocenters. The highest BCUT2D eigenvalue weighted by Crippen LogP contribution is 2.24. The minimum atomic E-state index is -0.0127. The average molecular weight is 347 g/mol. The van der Waals surface area contributed by atoms with E-state index in [0.717, 1.165) is 37.7 Å². The molecule has 1 heterocycles. The second kappa shape index (κ2) is 9.81. The van der Waals surface area contributed by atoms with Crippen LogP contribution in [0.25, 0.3) is 0 Å². The Hall–Kier alpha value is -1.55. The first kappa shape index (κ1) is 19.8. The fourth-order valence-electron chi connectivity index (χ4n) is 3.41. The van der Waals surface area contributed by atoms with Crippen molar-refractivity contribution in [1.82, 2.24) is 10.2 Å². The van der Waals surface area contributed by atoms with Gasteiger partial charge in [0, 0.05) is 6.54 Å². The van der Waals surface area contributed by atoms with Crippen molar-refractivity contribution < 1.29 is 9.53 Å². The van der Waals surface area contributed by atoms with E-state index < -0.39 is 0 Å². The van der Waals surface area contributed by atoms with Crippen LogP contribution in [-0.4, -0.2) is 43.6 Å². The Labute approximate surface area is 152 Å². The number of piperidine rings is 1. The summed E-state index contributed by atoms with van der Waals surface area (Å²) < 4.78 is 5.21. The number of carbonyl (C=O) groups is 1. The van der Waals surface area contributed by atoms with E-state index in [0.29, 0.717) is 5.92 Å². The zero-order valence-electron chi connectivity index (χ0n) is 16.3. The van der Waals surface area contributed by atoms with E-state index in [1.807, 2.05) is 19.1 Å². The molecule has 0 bridgehead atoms. The van der Waals surface area contributed by atoms with Gasteiger partial charge in [0.05, 0.1) is 13.2 Å². The van der Waals surface area contributed by atoms with Gasteiger partial charge in [0.25, 0.3) is 0 Å². The highest BCUT2D eigenvalue weighted by Gasteiger charge is 2.26. The molecule has 0 saturated carbocycles. The molecular formula is C21H34N2O2. The molecule has 1 saturated heterocycles. The number of hydrogen-bond donors (Lipinski definition) is 1. The molecule has 1 amide bonds. The van der Waals surface area contributed by atoms with Gasteiger partial charge >= 0.3 is 0 Å². The maximum atomic E-state index is 12.2. The van der Waals surface area contributed by atoms with E-state index in [-0.39, 0.29) is 11.9 Å². The van der Waals surface area contributed by atoms with Crippen molar-refractivity contribution in [3.05, 3.63) is 29.8 Å². The fourth-order valence-corrected chi connectivity index (χ4v) is 3.41. The standard InChI is InChI=1S/C21H34N2O2/c1-16(2)15-22-21(24)17(3)23-13-11-19(12-14-23)6-5-18-7-9-20(25-4)10-8-18/h7-10,16-17,19H,5-6,11-15H2,1-4H3,(H,22,24)/t17-/m0/s1. The molecule has 1 aliphatic rings. The molecule has 0 spiro atoms. The predicted octanol–water partition coefficient (Wildman–Crippen LogP) is 3.50. The summed E-state index contributed by atoms with van der Waals surface area (Å²) in [5, 5.41) is 3.06. The van der Waals surface area contributed by atoms with Crippen LogP contribution in [-0.2, 0) is 11.2 Å². The summed E-state index contributed by atoms with van der Waals surface area (Å²) in [7, 11) is 1.70. The lowest BCUT2D eigenvalue weighted by Crippen LogP contribution is -2.48. The summed E-state index contributed by atoms with van der Waals surface area (Å²) in [5.41, 5.74) is 1.38. The SMILES string of the molecule is COc1ccc(CCC2CCN([C@@H](C)C(=O)NCC(C)C)CC2)cc1. The van der Waals surface area contributed by atoms with Gasteiger partial charge in [-0.15, -0.1) is 0 Å². The van der Waals surface area contributed by atoms with Crippen molar-refractivity contribution in [2.24, 2.45) is 11.8 Å². The minimum absolute atomic E-state index is 0.0127. The number of ether oxygens (including phenoxy) is 1. The normalized spacial score (nSPS) is 17.5. The van der Waals surface area contributed by atoms with Crippen LogP contribution in [0, 0.1) is 11.8 Å². The molecule has 0 radical (unpaired) electrons. The zero-order valence-corrected chi connectivity index (χ0v) is 16.3. The lowest BCUT2D eigenvalue weighted by atomic mass is 9.90. The van der Waals surface area contributed by atoms with Crippen molar-refractivity contribution in [3.63, 3.8) is 0 Å². The summed E-state index contributed by atoms with van der Waals surface area (Å²) in [6.07, 6.45) is 4.74. The summed E-state index contributed by atoms with van der Waals surface area (Å²) in [6.45, 7) is 9.11. The number of hydrogen-bond acceptors (Lipinski definition) is 3. The van der Waals surface area contributed by atoms with Crippen LogP contribution in [0.4, 0.5) is 0 Å². The Morgan fingerprint density at radius 3 is 2.40 bits per heavy atom. The largest absolute Gasteiger partial charge is 0.497 e. The molecule has 140 valence electrons. The molecule has 1 aromatic carbocycles. The van der Waals surface area contributed by atoms with Gasteiger partial charge in [0.1, 0.15) is 5.75 Å². The lowest BCUT2D eigenvalue weighted by Gasteiger charge is -2.35. The molecule has 4 nitrogen and oxygen atoms in total. The number of methoxy groups -OCH3 is 1. The third kappa shape index (κ3) is 6.35. The molecular weight excluding hydrogens is 312 g/mol. The Balaban J connectivity index is 1.70. The predicted molar refractivity (Wildman–Crippen MR) is 103 cm³/mol. The van der Waals surface area contributed by atoms with E-state index in [1.54, 1.807) is 7.11 Å². The maximum absolute atomic E-state index is 12.2. The number of nitrogens with zero attached hydrogens (tertiary/aromatic N) is 1. The van der Waals surface area contributed by atoms with Crippen molar-refractivity contribution in [1.29, 1.82) is 0 Å². The second-order valence-corrected chi connectivity index (χ2v) is 7.68. The lowest BCUT2D eigenvalue weighted by molar-refractivity contribution is -0.126. The Bertz CT molecular complexity index is 519. The van der Waals surface area contributed by atoms with Crippen molar-refractivity contribution >= 4 is 5.91 Å². The molecule has 25 heavy (non-hydrogen) atoms. The fraction of sp³-hybridized carbons (Fsp3) is 0.667. The third-order valence-corrected chi connectivity index (χ3v) is 5.26. The summed E-state index contributed by atoms with van der Waals surface area (Å²) >= 11 is 0. The Morgan fingerprint density at radius 2 is 1.84 bits per heavy atom. The Morgan fingerprint density at radius 1 is 1.20 bits per heavy atom. The number of aryl methyl sites for hydroxylation is 1. The first-order chi connectivity index (χ1) is 12.0. The molecule has 0 unspecified atom stereocenters. The average Bonchev–Trinajstić information content (AvgIpc) is 2.64. The smallest absolute Gasteiger partial charge is 0.237 e. The molecule has 0 aliphatic carbocycles. The first-order valence-corrected chi connectivity index (χ1v) is 9.64.